The van der Waals surface area contributed by atoms with Gasteiger partial charge in [0.2, 0.25) is 0 Å². The van der Waals surface area contributed by atoms with Crippen LogP contribution in [0.1, 0.15) is 39.9 Å². The van der Waals surface area contributed by atoms with Gasteiger partial charge in [0.05, 0.1) is 17.7 Å². The van der Waals surface area contributed by atoms with Crippen molar-refractivity contribution in [1.29, 1.82) is 0 Å². The fourth-order valence-electron chi connectivity index (χ4n) is 2.66. The molecule has 0 aromatic carbocycles. The summed E-state index contributed by atoms with van der Waals surface area (Å²) in [5.74, 6) is 1.06. The van der Waals surface area contributed by atoms with Crippen LogP contribution in [0.15, 0.2) is 12.4 Å². The SMILES string of the molecule is Cn1ccnc1CNC1CC(C)(C)OC1(C)C. The Hall–Kier alpha value is -0.870. The number of imidazole rings is 1. The average molecular weight is 237 g/mol. The third kappa shape index (κ3) is 2.69. The number of hydrogen-bond acceptors (Lipinski definition) is 3. The van der Waals surface area contributed by atoms with E-state index >= 15 is 0 Å². The summed E-state index contributed by atoms with van der Waals surface area (Å²) >= 11 is 0. The van der Waals surface area contributed by atoms with Crippen LogP contribution in [0, 0.1) is 0 Å². The normalized spacial score (nSPS) is 26.3. The van der Waals surface area contributed by atoms with Crippen LogP contribution in [0.5, 0.6) is 0 Å². The lowest BCUT2D eigenvalue weighted by Gasteiger charge is -2.27. The minimum Gasteiger partial charge on any atom is -0.368 e. The Kier molecular flexibility index (Phi) is 3.04. The maximum absolute atomic E-state index is 6.06. The molecule has 1 fully saturated rings. The highest BCUT2D eigenvalue weighted by Crippen LogP contribution is 2.37. The molecular formula is C13H23N3O. The first-order valence-electron chi connectivity index (χ1n) is 6.20. The largest absolute Gasteiger partial charge is 0.368 e. The van der Waals surface area contributed by atoms with Crippen molar-refractivity contribution < 1.29 is 4.74 Å². The quantitative estimate of drug-likeness (QED) is 0.872. The van der Waals surface area contributed by atoms with Crippen LogP contribution in [-0.2, 0) is 18.3 Å². The number of rotatable bonds is 3. The van der Waals surface area contributed by atoms with Gasteiger partial charge in [0, 0.05) is 25.5 Å². The molecule has 2 rings (SSSR count). The maximum atomic E-state index is 6.06. The summed E-state index contributed by atoms with van der Waals surface area (Å²) in [5, 5.41) is 3.56. The summed E-state index contributed by atoms with van der Waals surface area (Å²) in [6.45, 7) is 9.39. The summed E-state index contributed by atoms with van der Waals surface area (Å²) < 4.78 is 8.10. The van der Waals surface area contributed by atoms with E-state index in [1.165, 1.54) is 0 Å². The van der Waals surface area contributed by atoms with Crippen molar-refractivity contribution in [2.75, 3.05) is 0 Å². The summed E-state index contributed by atoms with van der Waals surface area (Å²) in [6, 6.07) is 0.370. The van der Waals surface area contributed by atoms with Crippen LogP contribution < -0.4 is 5.32 Å². The fourth-order valence-corrected chi connectivity index (χ4v) is 2.66. The van der Waals surface area contributed by atoms with Crippen molar-refractivity contribution in [1.82, 2.24) is 14.9 Å². The molecular weight excluding hydrogens is 214 g/mol. The molecule has 1 saturated heterocycles. The van der Waals surface area contributed by atoms with E-state index in [1.807, 2.05) is 24.0 Å². The lowest BCUT2D eigenvalue weighted by Crippen LogP contribution is -2.43. The number of ether oxygens (including phenoxy) is 1. The molecule has 4 nitrogen and oxygen atoms in total. The fraction of sp³-hybridized carbons (Fsp3) is 0.769. The third-order valence-electron chi connectivity index (χ3n) is 3.50. The first kappa shape index (κ1) is 12.6. The van der Waals surface area contributed by atoms with Gasteiger partial charge in [-0.2, -0.15) is 0 Å². The van der Waals surface area contributed by atoms with Crippen molar-refractivity contribution in [3.8, 4) is 0 Å². The van der Waals surface area contributed by atoms with Gasteiger partial charge in [-0.3, -0.25) is 0 Å². The van der Waals surface area contributed by atoms with E-state index in [1.54, 1.807) is 0 Å². The number of hydrogen-bond donors (Lipinski definition) is 1. The first-order valence-corrected chi connectivity index (χ1v) is 6.20. The second-order valence-corrected chi connectivity index (χ2v) is 6.06. The zero-order valence-corrected chi connectivity index (χ0v) is 11.4. The van der Waals surface area contributed by atoms with Gasteiger partial charge in [0.1, 0.15) is 5.82 Å². The van der Waals surface area contributed by atoms with Crippen molar-refractivity contribution in [2.24, 2.45) is 7.05 Å². The molecule has 2 heterocycles. The molecule has 1 N–H and O–H groups in total. The van der Waals surface area contributed by atoms with Gasteiger partial charge in [0.25, 0.3) is 0 Å². The molecule has 1 aliphatic rings. The first-order chi connectivity index (χ1) is 7.80. The highest BCUT2D eigenvalue weighted by molar-refractivity contribution is 5.00. The average Bonchev–Trinajstić information content (AvgIpc) is 2.64. The monoisotopic (exact) mass is 237 g/mol. The smallest absolute Gasteiger partial charge is 0.122 e. The number of nitrogens with zero attached hydrogens (tertiary/aromatic N) is 2. The van der Waals surface area contributed by atoms with Crippen LogP contribution in [0.2, 0.25) is 0 Å². The molecule has 17 heavy (non-hydrogen) atoms. The van der Waals surface area contributed by atoms with E-state index in [4.69, 9.17) is 4.74 Å². The maximum Gasteiger partial charge on any atom is 0.122 e. The Bertz CT molecular complexity index is 395. The summed E-state index contributed by atoms with van der Waals surface area (Å²) in [6.07, 6.45) is 4.83. The van der Waals surface area contributed by atoms with Crippen molar-refractivity contribution >= 4 is 0 Å². The van der Waals surface area contributed by atoms with Crippen LogP contribution in [0.4, 0.5) is 0 Å². The Labute approximate surface area is 103 Å². The molecule has 96 valence electrons. The van der Waals surface area contributed by atoms with Gasteiger partial charge in [-0.15, -0.1) is 0 Å². The highest BCUT2D eigenvalue weighted by atomic mass is 16.5. The van der Waals surface area contributed by atoms with E-state index in [-0.39, 0.29) is 11.2 Å². The Balaban J connectivity index is 1.98. The lowest BCUT2D eigenvalue weighted by atomic mass is 9.94. The van der Waals surface area contributed by atoms with Crippen LogP contribution in [0.3, 0.4) is 0 Å². The van der Waals surface area contributed by atoms with Gasteiger partial charge < -0.3 is 14.6 Å². The molecule has 0 saturated carbocycles. The Morgan fingerprint density at radius 1 is 1.47 bits per heavy atom. The lowest BCUT2D eigenvalue weighted by molar-refractivity contribution is -0.0699. The van der Waals surface area contributed by atoms with Crippen LogP contribution in [-0.4, -0.2) is 26.8 Å². The molecule has 0 aliphatic carbocycles. The topological polar surface area (TPSA) is 39.1 Å². The Morgan fingerprint density at radius 2 is 2.18 bits per heavy atom. The van der Waals surface area contributed by atoms with E-state index in [2.05, 4.69) is 38.0 Å². The number of aromatic nitrogens is 2. The molecule has 1 aromatic rings. The van der Waals surface area contributed by atoms with Crippen molar-refractivity contribution in [2.45, 2.75) is 57.9 Å². The second kappa shape index (κ2) is 4.10. The standard InChI is InChI=1S/C13H23N3O/c1-12(2)8-10(13(3,4)17-12)15-9-11-14-6-7-16(11)5/h6-7,10,15H,8-9H2,1-5H3. The van der Waals surface area contributed by atoms with E-state index in [0.29, 0.717) is 6.04 Å². The predicted molar refractivity (Wildman–Crippen MR) is 67.7 cm³/mol. The minimum atomic E-state index is -0.116. The van der Waals surface area contributed by atoms with E-state index in [9.17, 15) is 0 Å². The molecule has 1 aliphatic heterocycles. The minimum absolute atomic E-state index is 0.0389. The van der Waals surface area contributed by atoms with Crippen molar-refractivity contribution in [3.63, 3.8) is 0 Å². The molecule has 0 spiro atoms. The third-order valence-corrected chi connectivity index (χ3v) is 3.50. The van der Waals surface area contributed by atoms with Gasteiger partial charge in [-0.05, 0) is 34.1 Å². The van der Waals surface area contributed by atoms with Gasteiger partial charge in [-0.25, -0.2) is 4.98 Å². The molecule has 4 heteroatoms. The van der Waals surface area contributed by atoms with Crippen LogP contribution in [0.25, 0.3) is 0 Å². The Morgan fingerprint density at radius 3 is 2.65 bits per heavy atom. The van der Waals surface area contributed by atoms with E-state index in [0.717, 1.165) is 18.8 Å². The summed E-state index contributed by atoms with van der Waals surface area (Å²) in [7, 11) is 2.02. The molecule has 1 atom stereocenters. The zero-order valence-electron chi connectivity index (χ0n) is 11.4. The molecule has 0 bridgehead atoms. The van der Waals surface area contributed by atoms with Gasteiger partial charge >= 0.3 is 0 Å². The van der Waals surface area contributed by atoms with Crippen molar-refractivity contribution in [3.05, 3.63) is 18.2 Å². The second-order valence-electron chi connectivity index (χ2n) is 6.06. The number of aryl methyl sites for hydroxylation is 1. The van der Waals surface area contributed by atoms with E-state index < -0.39 is 0 Å². The summed E-state index contributed by atoms with van der Waals surface area (Å²) in [4.78, 5) is 4.32. The molecule has 1 aromatic heterocycles. The molecule has 0 radical (unpaired) electrons. The zero-order chi connectivity index (χ0) is 12.7. The molecule has 0 amide bonds. The van der Waals surface area contributed by atoms with Gasteiger partial charge in [-0.1, -0.05) is 0 Å². The van der Waals surface area contributed by atoms with Crippen LogP contribution >= 0.6 is 0 Å². The molecule has 1 unspecified atom stereocenters. The van der Waals surface area contributed by atoms with Gasteiger partial charge in [0.15, 0.2) is 0 Å². The predicted octanol–water partition coefficient (Wildman–Crippen LogP) is 1.86. The number of nitrogens with one attached hydrogen (secondary N) is 1. The highest BCUT2D eigenvalue weighted by Gasteiger charge is 2.45. The summed E-state index contributed by atoms with van der Waals surface area (Å²) in [5.41, 5.74) is -0.155.